The minimum absolute atomic E-state index is 0.477. The molecule has 0 spiro atoms. The van der Waals surface area contributed by atoms with Crippen LogP contribution in [0, 0.1) is 0 Å². The second-order valence-electron chi connectivity index (χ2n) is 5.00. The average molecular weight is 261 g/mol. The van der Waals surface area contributed by atoms with Crippen LogP contribution in [0.5, 0.6) is 0 Å². The molecule has 1 aliphatic rings. The van der Waals surface area contributed by atoms with Gasteiger partial charge in [-0.15, -0.1) is 5.10 Å². The van der Waals surface area contributed by atoms with Gasteiger partial charge in [0.2, 0.25) is 0 Å². The van der Waals surface area contributed by atoms with Gasteiger partial charge in [0, 0.05) is 19.1 Å². The summed E-state index contributed by atoms with van der Waals surface area (Å²) in [5.41, 5.74) is 0.674. The van der Waals surface area contributed by atoms with Crippen LogP contribution in [-0.2, 0) is 0 Å². The van der Waals surface area contributed by atoms with Crippen LogP contribution >= 0.6 is 0 Å². The number of tetrazole rings is 1. The molecule has 0 saturated carbocycles. The monoisotopic (exact) mass is 261 g/mol. The predicted octanol–water partition coefficient (Wildman–Crippen LogP) is 0.806. The van der Waals surface area contributed by atoms with E-state index in [0.29, 0.717) is 11.7 Å². The number of nitrogens with zero attached hydrogens (tertiary/aromatic N) is 6. The number of rotatable bonds is 4. The Morgan fingerprint density at radius 2 is 2.16 bits per heavy atom. The third-order valence-electron chi connectivity index (χ3n) is 3.59. The quantitative estimate of drug-likeness (QED) is 0.878. The van der Waals surface area contributed by atoms with Crippen molar-refractivity contribution in [2.75, 3.05) is 25.0 Å². The fourth-order valence-corrected chi connectivity index (χ4v) is 2.60. The minimum Gasteiger partial charge on any atom is -0.366 e. The van der Waals surface area contributed by atoms with E-state index in [-0.39, 0.29) is 0 Å². The zero-order valence-corrected chi connectivity index (χ0v) is 11.2. The Bertz CT molecular complexity index is 530. The summed E-state index contributed by atoms with van der Waals surface area (Å²) in [5, 5.41) is 15.0. The van der Waals surface area contributed by atoms with Crippen LogP contribution in [0.15, 0.2) is 12.4 Å². The van der Waals surface area contributed by atoms with Crippen LogP contribution in [0.2, 0.25) is 0 Å². The molecule has 7 heteroatoms. The van der Waals surface area contributed by atoms with E-state index in [2.05, 4.69) is 37.6 Å². The van der Waals surface area contributed by atoms with Crippen LogP contribution < -0.4 is 5.32 Å². The van der Waals surface area contributed by atoms with Crippen LogP contribution in [0.4, 0.5) is 5.82 Å². The molecule has 0 amide bonds. The van der Waals surface area contributed by atoms with Gasteiger partial charge in [-0.2, -0.15) is 4.52 Å². The van der Waals surface area contributed by atoms with Crippen molar-refractivity contribution in [3.05, 3.63) is 12.4 Å². The Labute approximate surface area is 112 Å². The molecule has 0 aromatic carbocycles. The Balaban J connectivity index is 1.65. The van der Waals surface area contributed by atoms with Crippen LogP contribution in [0.3, 0.4) is 0 Å². The summed E-state index contributed by atoms with van der Waals surface area (Å²) < 4.78 is 1.70. The first-order valence-corrected chi connectivity index (χ1v) is 6.88. The largest absolute Gasteiger partial charge is 0.366 e. The van der Waals surface area contributed by atoms with Crippen molar-refractivity contribution in [2.45, 2.75) is 32.2 Å². The molecule has 102 valence electrons. The Hall–Kier alpha value is -1.76. The third-order valence-corrected chi connectivity index (χ3v) is 3.59. The Kier molecular flexibility index (Phi) is 3.54. The first-order chi connectivity index (χ1) is 9.36. The molecule has 0 unspecified atom stereocenters. The van der Waals surface area contributed by atoms with Gasteiger partial charge in [0.25, 0.3) is 0 Å². The maximum absolute atomic E-state index is 4.16. The summed E-state index contributed by atoms with van der Waals surface area (Å²) in [6, 6.07) is 0.477. The molecule has 1 fully saturated rings. The van der Waals surface area contributed by atoms with Crippen LogP contribution in [-0.4, -0.2) is 55.6 Å². The highest BCUT2D eigenvalue weighted by Gasteiger charge is 2.19. The summed E-state index contributed by atoms with van der Waals surface area (Å²) in [5.74, 6) is 0.872. The predicted molar refractivity (Wildman–Crippen MR) is 72.0 cm³/mol. The molecule has 2 aromatic rings. The summed E-state index contributed by atoms with van der Waals surface area (Å²) >= 11 is 0. The van der Waals surface area contributed by atoms with Gasteiger partial charge in [-0.3, -0.25) is 4.98 Å². The van der Waals surface area contributed by atoms with E-state index in [0.717, 1.165) is 31.7 Å². The Morgan fingerprint density at radius 1 is 1.32 bits per heavy atom. The van der Waals surface area contributed by atoms with Crippen LogP contribution in [0.1, 0.15) is 26.2 Å². The highest BCUT2D eigenvalue weighted by molar-refractivity contribution is 5.44. The van der Waals surface area contributed by atoms with E-state index in [1.807, 2.05) is 0 Å². The van der Waals surface area contributed by atoms with Crippen molar-refractivity contribution in [3.8, 4) is 0 Å². The molecule has 19 heavy (non-hydrogen) atoms. The Morgan fingerprint density at radius 3 is 2.95 bits per heavy atom. The number of anilines is 1. The highest BCUT2D eigenvalue weighted by atomic mass is 15.5. The minimum atomic E-state index is 0.477. The van der Waals surface area contributed by atoms with Crippen molar-refractivity contribution in [1.29, 1.82) is 0 Å². The van der Waals surface area contributed by atoms with E-state index in [1.165, 1.54) is 13.0 Å². The molecule has 1 aliphatic heterocycles. The lowest BCUT2D eigenvalue weighted by Crippen LogP contribution is -2.39. The molecule has 1 saturated heterocycles. The zero-order valence-electron chi connectivity index (χ0n) is 11.2. The van der Waals surface area contributed by atoms with Crippen molar-refractivity contribution in [3.63, 3.8) is 0 Å². The molecule has 3 heterocycles. The van der Waals surface area contributed by atoms with E-state index in [9.17, 15) is 0 Å². The number of nitrogens with one attached hydrogen (secondary N) is 1. The maximum atomic E-state index is 4.16. The lowest BCUT2D eigenvalue weighted by molar-refractivity contribution is 0.219. The van der Waals surface area contributed by atoms with Gasteiger partial charge >= 0.3 is 0 Å². The van der Waals surface area contributed by atoms with E-state index < -0.39 is 0 Å². The SMILES string of the molecule is CCCN1CCC(Nc2cncc3nnnn23)CC1. The van der Waals surface area contributed by atoms with Crippen molar-refractivity contribution in [2.24, 2.45) is 0 Å². The number of likely N-dealkylation sites (tertiary alicyclic amines) is 1. The lowest BCUT2D eigenvalue weighted by atomic mass is 10.1. The first kappa shape index (κ1) is 12.3. The molecule has 3 rings (SSSR count). The van der Waals surface area contributed by atoms with Gasteiger partial charge in [-0.05, 0) is 36.2 Å². The standard InChI is InChI=1S/C12H19N7/c1-2-5-18-6-3-10(4-7-18)14-11-8-13-9-12-15-16-17-19(11)12/h8-10,14H,2-7H2,1H3. The molecule has 7 nitrogen and oxygen atoms in total. The van der Waals surface area contributed by atoms with E-state index in [1.54, 1.807) is 16.9 Å². The van der Waals surface area contributed by atoms with Crippen molar-refractivity contribution in [1.82, 2.24) is 29.9 Å². The maximum Gasteiger partial charge on any atom is 0.199 e. The number of hydrogen-bond acceptors (Lipinski definition) is 6. The normalized spacial score (nSPS) is 17.9. The molecule has 2 aromatic heterocycles. The van der Waals surface area contributed by atoms with E-state index >= 15 is 0 Å². The number of hydrogen-bond donors (Lipinski definition) is 1. The molecular weight excluding hydrogens is 242 g/mol. The first-order valence-electron chi connectivity index (χ1n) is 6.88. The highest BCUT2D eigenvalue weighted by Crippen LogP contribution is 2.16. The summed E-state index contributed by atoms with van der Waals surface area (Å²) in [6.45, 7) is 5.75. The van der Waals surface area contributed by atoms with Gasteiger partial charge in [0.15, 0.2) is 11.5 Å². The molecule has 0 radical (unpaired) electrons. The summed E-state index contributed by atoms with van der Waals surface area (Å²) in [7, 11) is 0. The third kappa shape index (κ3) is 2.65. The lowest BCUT2D eigenvalue weighted by Gasteiger charge is -2.32. The fraction of sp³-hybridized carbons (Fsp3) is 0.667. The number of aromatic nitrogens is 5. The van der Waals surface area contributed by atoms with Crippen LogP contribution in [0.25, 0.3) is 5.65 Å². The number of piperidine rings is 1. The van der Waals surface area contributed by atoms with Gasteiger partial charge < -0.3 is 10.2 Å². The van der Waals surface area contributed by atoms with Gasteiger partial charge in [-0.1, -0.05) is 6.92 Å². The average Bonchev–Trinajstić information content (AvgIpc) is 2.91. The van der Waals surface area contributed by atoms with Crippen molar-refractivity contribution < 1.29 is 0 Å². The molecular formula is C12H19N7. The topological polar surface area (TPSA) is 71.2 Å². The smallest absolute Gasteiger partial charge is 0.199 e. The molecule has 0 atom stereocenters. The van der Waals surface area contributed by atoms with Gasteiger partial charge in [0.1, 0.15) is 0 Å². The zero-order chi connectivity index (χ0) is 13.1. The second kappa shape index (κ2) is 5.48. The summed E-state index contributed by atoms with van der Waals surface area (Å²) in [4.78, 5) is 6.68. The number of fused-ring (bicyclic) bond motifs is 1. The second-order valence-corrected chi connectivity index (χ2v) is 5.00. The van der Waals surface area contributed by atoms with Crippen molar-refractivity contribution >= 4 is 11.5 Å². The molecule has 0 bridgehead atoms. The van der Waals surface area contributed by atoms with E-state index in [4.69, 9.17) is 0 Å². The molecule has 0 aliphatic carbocycles. The summed E-state index contributed by atoms with van der Waals surface area (Å²) in [6.07, 6.45) is 6.97. The molecule has 1 N–H and O–H groups in total. The fourth-order valence-electron chi connectivity index (χ4n) is 2.60. The van der Waals surface area contributed by atoms with Gasteiger partial charge in [0.05, 0.1) is 12.4 Å². The van der Waals surface area contributed by atoms with Gasteiger partial charge in [-0.25, -0.2) is 0 Å².